The number of carbonyl (C=O) groups excluding carboxylic acids is 1. The molecule has 5 rings (SSSR count). The van der Waals surface area contributed by atoms with Crippen molar-refractivity contribution in [1.29, 1.82) is 0 Å². The molecule has 4 fully saturated rings. The van der Waals surface area contributed by atoms with Crippen LogP contribution in [-0.2, 0) is 16.7 Å². The summed E-state index contributed by atoms with van der Waals surface area (Å²) < 4.78 is 10.6. The van der Waals surface area contributed by atoms with E-state index in [2.05, 4.69) is 15.5 Å². The monoisotopic (exact) mass is 333 g/mol. The molecular weight excluding hydrogens is 306 g/mol. The average molecular weight is 333 g/mol. The van der Waals surface area contributed by atoms with E-state index in [4.69, 9.17) is 9.26 Å². The predicted molar refractivity (Wildman–Crippen MR) is 87.2 cm³/mol. The van der Waals surface area contributed by atoms with Gasteiger partial charge in [-0.25, -0.2) is 4.79 Å². The molecule has 0 aromatic carbocycles. The standard InChI is InChI=1S/C18H27N3O3/c1-17(2,3)23-16(22)19-10-14-20-15(21-24-14)18-7-11-4-12(8-18)6-13(5-11)9-18/h11-13H,4-10H2,1-3H3,(H,19,22). The fraction of sp³-hybridized carbons (Fsp3) is 0.833. The van der Waals surface area contributed by atoms with E-state index in [-0.39, 0.29) is 12.0 Å². The molecular formula is C18H27N3O3. The van der Waals surface area contributed by atoms with Crippen LogP contribution < -0.4 is 5.32 Å². The Balaban J connectivity index is 1.41. The summed E-state index contributed by atoms with van der Waals surface area (Å²) in [6.45, 7) is 5.73. The predicted octanol–water partition coefficient (Wildman–Crippen LogP) is 3.56. The molecule has 4 bridgehead atoms. The van der Waals surface area contributed by atoms with Crippen molar-refractivity contribution < 1.29 is 14.1 Å². The second-order valence-corrected chi connectivity index (χ2v) is 9.07. The van der Waals surface area contributed by atoms with Gasteiger partial charge in [-0.15, -0.1) is 0 Å². The number of carbonyl (C=O) groups is 1. The minimum atomic E-state index is -0.511. The topological polar surface area (TPSA) is 77.2 Å². The fourth-order valence-electron chi connectivity index (χ4n) is 5.39. The number of ether oxygens (including phenoxy) is 1. The molecule has 4 aliphatic carbocycles. The summed E-state index contributed by atoms with van der Waals surface area (Å²) in [7, 11) is 0. The van der Waals surface area contributed by atoms with Gasteiger partial charge in [0.25, 0.3) is 0 Å². The molecule has 1 aromatic heterocycles. The molecule has 24 heavy (non-hydrogen) atoms. The van der Waals surface area contributed by atoms with Gasteiger partial charge in [-0.3, -0.25) is 0 Å². The quantitative estimate of drug-likeness (QED) is 0.915. The zero-order valence-corrected chi connectivity index (χ0v) is 14.8. The number of hydrogen-bond donors (Lipinski definition) is 1. The lowest BCUT2D eigenvalue weighted by Gasteiger charge is -2.55. The van der Waals surface area contributed by atoms with Crippen LogP contribution in [0.4, 0.5) is 4.79 Å². The van der Waals surface area contributed by atoms with E-state index in [1.807, 2.05) is 20.8 Å². The number of aromatic nitrogens is 2. The van der Waals surface area contributed by atoms with E-state index in [1.54, 1.807) is 0 Å². The van der Waals surface area contributed by atoms with Crippen LogP contribution in [0.1, 0.15) is 71.0 Å². The molecule has 0 radical (unpaired) electrons. The molecule has 0 atom stereocenters. The summed E-state index contributed by atoms with van der Waals surface area (Å²) in [5.41, 5.74) is -0.383. The third kappa shape index (κ3) is 3.03. The van der Waals surface area contributed by atoms with Gasteiger partial charge in [-0.05, 0) is 77.0 Å². The number of nitrogens with zero attached hydrogens (tertiary/aromatic N) is 2. The van der Waals surface area contributed by atoms with Crippen molar-refractivity contribution in [2.75, 3.05) is 0 Å². The molecule has 6 heteroatoms. The first-order chi connectivity index (χ1) is 11.3. The van der Waals surface area contributed by atoms with E-state index >= 15 is 0 Å². The van der Waals surface area contributed by atoms with Gasteiger partial charge in [0.05, 0.1) is 0 Å². The lowest BCUT2D eigenvalue weighted by atomic mass is 9.49. The molecule has 4 saturated carbocycles. The van der Waals surface area contributed by atoms with Crippen LogP contribution in [0.5, 0.6) is 0 Å². The summed E-state index contributed by atoms with van der Waals surface area (Å²) in [6.07, 6.45) is 7.34. The Hall–Kier alpha value is -1.59. The number of hydrogen-bond acceptors (Lipinski definition) is 5. The van der Waals surface area contributed by atoms with E-state index in [1.165, 1.54) is 38.5 Å². The molecule has 0 saturated heterocycles. The summed E-state index contributed by atoms with van der Waals surface area (Å²) in [4.78, 5) is 16.4. The molecule has 132 valence electrons. The summed E-state index contributed by atoms with van der Waals surface area (Å²) in [5.74, 6) is 3.86. The first-order valence-corrected chi connectivity index (χ1v) is 9.11. The Bertz CT molecular complexity index is 596. The highest BCUT2D eigenvalue weighted by Crippen LogP contribution is 2.60. The van der Waals surface area contributed by atoms with Gasteiger partial charge in [-0.2, -0.15) is 4.98 Å². The van der Waals surface area contributed by atoms with Crippen molar-refractivity contribution in [3.05, 3.63) is 11.7 Å². The lowest BCUT2D eigenvalue weighted by Crippen LogP contribution is -2.49. The second kappa shape index (κ2) is 5.46. The largest absolute Gasteiger partial charge is 0.444 e. The Morgan fingerprint density at radius 2 is 1.79 bits per heavy atom. The van der Waals surface area contributed by atoms with Crippen molar-refractivity contribution in [3.63, 3.8) is 0 Å². The molecule has 1 aromatic rings. The lowest BCUT2D eigenvalue weighted by molar-refractivity contribution is -0.0103. The van der Waals surface area contributed by atoms with Crippen molar-refractivity contribution >= 4 is 6.09 Å². The van der Waals surface area contributed by atoms with Crippen molar-refractivity contribution in [3.8, 4) is 0 Å². The van der Waals surface area contributed by atoms with E-state index in [9.17, 15) is 4.79 Å². The van der Waals surface area contributed by atoms with Crippen LogP contribution in [-0.4, -0.2) is 21.8 Å². The fourth-order valence-corrected chi connectivity index (χ4v) is 5.39. The number of amides is 1. The van der Waals surface area contributed by atoms with Crippen LogP contribution in [0.2, 0.25) is 0 Å². The summed E-state index contributed by atoms with van der Waals surface area (Å²) >= 11 is 0. The van der Waals surface area contributed by atoms with Crippen LogP contribution in [0.15, 0.2) is 4.52 Å². The maximum absolute atomic E-state index is 11.7. The molecule has 0 spiro atoms. The van der Waals surface area contributed by atoms with E-state index < -0.39 is 11.7 Å². The minimum absolute atomic E-state index is 0.127. The summed E-state index contributed by atoms with van der Waals surface area (Å²) in [6, 6.07) is 0. The van der Waals surface area contributed by atoms with Gasteiger partial charge in [0, 0.05) is 5.41 Å². The highest BCUT2D eigenvalue weighted by atomic mass is 16.6. The van der Waals surface area contributed by atoms with Crippen LogP contribution in [0, 0.1) is 17.8 Å². The number of rotatable bonds is 3. The van der Waals surface area contributed by atoms with Crippen LogP contribution >= 0.6 is 0 Å². The Labute approximate surface area is 142 Å². The van der Waals surface area contributed by atoms with Gasteiger partial charge in [0.15, 0.2) is 5.82 Å². The molecule has 0 unspecified atom stereocenters. The normalized spacial score (nSPS) is 34.4. The maximum atomic E-state index is 11.7. The molecule has 0 aliphatic heterocycles. The molecule has 1 N–H and O–H groups in total. The van der Waals surface area contributed by atoms with Gasteiger partial charge in [0.2, 0.25) is 5.89 Å². The van der Waals surface area contributed by atoms with Crippen molar-refractivity contribution in [2.45, 2.75) is 76.9 Å². The first-order valence-electron chi connectivity index (χ1n) is 9.11. The SMILES string of the molecule is CC(C)(C)OC(=O)NCc1nc(C23CC4CC(CC(C4)C2)C3)no1. The average Bonchev–Trinajstić information content (AvgIpc) is 2.91. The zero-order chi connectivity index (χ0) is 16.9. The number of nitrogens with one attached hydrogen (secondary N) is 1. The Morgan fingerprint density at radius 3 is 2.33 bits per heavy atom. The molecule has 4 aliphatic rings. The second-order valence-electron chi connectivity index (χ2n) is 9.07. The van der Waals surface area contributed by atoms with Crippen LogP contribution in [0.3, 0.4) is 0 Å². The Morgan fingerprint density at radius 1 is 1.21 bits per heavy atom. The molecule has 1 heterocycles. The van der Waals surface area contributed by atoms with Gasteiger partial charge >= 0.3 is 6.09 Å². The maximum Gasteiger partial charge on any atom is 0.408 e. The third-order valence-corrected chi connectivity index (χ3v) is 5.76. The summed E-state index contributed by atoms with van der Waals surface area (Å²) in [5, 5.41) is 6.97. The van der Waals surface area contributed by atoms with Crippen molar-refractivity contribution in [2.24, 2.45) is 17.8 Å². The van der Waals surface area contributed by atoms with E-state index in [0.717, 1.165) is 23.6 Å². The molecule has 6 nitrogen and oxygen atoms in total. The zero-order valence-electron chi connectivity index (χ0n) is 14.8. The minimum Gasteiger partial charge on any atom is -0.444 e. The first kappa shape index (κ1) is 15.9. The van der Waals surface area contributed by atoms with Crippen LogP contribution in [0.25, 0.3) is 0 Å². The molecule has 1 amide bonds. The van der Waals surface area contributed by atoms with Crippen molar-refractivity contribution in [1.82, 2.24) is 15.5 Å². The smallest absolute Gasteiger partial charge is 0.408 e. The van der Waals surface area contributed by atoms with E-state index in [0.29, 0.717) is 5.89 Å². The van der Waals surface area contributed by atoms with Gasteiger partial charge in [0.1, 0.15) is 12.1 Å². The highest BCUT2D eigenvalue weighted by Gasteiger charge is 2.53. The highest BCUT2D eigenvalue weighted by molar-refractivity contribution is 5.67. The van der Waals surface area contributed by atoms with Gasteiger partial charge < -0.3 is 14.6 Å². The Kier molecular flexibility index (Phi) is 3.62. The number of alkyl carbamates (subject to hydrolysis) is 1. The third-order valence-electron chi connectivity index (χ3n) is 5.76. The van der Waals surface area contributed by atoms with Gasteiger partial charge in [-0.1, -0.05) is 5.16 Å².